The maximum atomic E-state index is 13.8. The third-order valence-electron chi connectivity index (χ3n) is 7.75. The minimum atomic E-state index is -2.74. The Labute approximate surface area is 280 Å². The van der Waals surface area contributed by atoms with Crippen LogP contribution in [-0.2, 0) is 14.4 Å². The Morgan fingerprint density at radius 2 is 1.35 bits per heavy atom. The van der Waals surface area contributed by atoms with E-state index in [0.29, 0.717) is 17.7 Å². The fraction of sp³-hybridized carbons (Fsp3) is 0.314. The highest BCUT2D eigenvalue weighted by Crippen LogP contribution is 2.41. The number of rotatable bonds is 14. The van der Waals surface area contributed by atoms with Gasteiger partial charge in [0.05, 0.1) is 27.1 Å². The molecule has 1 aliphatic rings. The number of aliphatic carboxylic acids is 3. The predicted octanol–water partition coefficient (Wildman–Crippen LogP) is 5.04. The van der Waals surface area contributed by atoms with Gasteiger partial charge in [-0.15, -0.1) is 11.3 Å². The quantitative estimate of drug-likeness (QED) is 0.131. The van der Waals surface area contributed by atoms with Crippen LogP contribution in [0.2, 0.25) is 0 Å². The number of likely N-dealkylation sites (tertiary alicyclic amines) is 1. The van der Waals surface area contributed by atoms with E-state index in [-0.39, 0.29) is 5.78 Å². The Hall–Kier alpha value is -4.98. The van der Waals surface area contributed by atoms with E-state index in [2.05, 4.69) is 4.90 Å². The van der Waals surface area contributed by atoms with Crippen LogP contribution in [0, 0.1) is 0 Å². The molecule has 0 bridgehead atoms. The van der Waals surface area contributed by atoms with Crippen molar-refractivity contribution in [2.75, 3.05) is 40.5 Å². The van der Waals surface area contributed by atoms with Crippen molar-refractivity contribution in [1.29, 1.82) is 0 Å². The van der Waals surface area contributed by atoms with Crippen LogP contribution in [0.4, 0.5) is 0 Å². The summed E-state index contributed by atoms with van der Waals surface area (Å²) in [6.07, 6.45) is 0.266. The number of ketones is 1. The van der Waals surface area contributed by atoms with Gasteiger partial charge >= 0.3 is 17.9 Å². The second-order valence-electron chi connectivity index (χ2n) is 11.1. The lowest BCUT2D eigenvalue weighted by atomic mass is 9.96. The van der Waals surface area contributed by atoms with Crippen molar-refractivity contribution in [2.24, 2.45) is 0 Å². The van der Waals surface area contributed by atoms with E-state index in [0.717, 1.165) is 57.4 Å². The maximum absolute atomic E-state index is 13.8. The van der Waals surface area contributed by atoms with Gasteiger partial charge in [0, 0.05) is 32.6 Å². The van der Waals surface area contributed by atoms with Crippen molar-refractivity contribution in [1.82, 2.24) is 4.90 Å². The molecule has 0 amide bonds. The third-order valence-corrected chi connectivity index (χ3v) is 8.95. The molecule has 2 heterocycles. The minimum absolute atomic E-state index is 0.00384. The number of thiophene rings is 1. The number of carbonyl (C=O) groups is 4. The summed E-state index contributed by atoms with van der Waals surface area (Å²) in [6, 6.07) is 21.2. The average molecular weight is 680 g/mol. The summed E-state index contributed by atoms with van der Waals surface area (Å²) in [5, 5.41) is 34.7. The van der Waals surface area contributed by atoms with Crippen LogP contribution >= 0.6 is 11.3 Å². The van der Waals surface area contributed by atoms with E-state index >= 15 is 0 Å². The molecule has 4 aromatic rings. The zero-order valence-corrected chi connectivity index (χ0v) is 27.3. The molecule has 0 atom stereocenters. The normalized spacial score (nSPS) is 13.0. The molecule has 1 fully saturated rings. The number of carboxylic acids is 3. The van der Waals surface area contributed by atoms with E-state index in [1.807, 2.05) is 66.7 Å². The van der Waals surface area contributed by atoms with Gasteiger partial charge < -0.3 is 34.6 Å². The lowest BCUT2D eigenvalue weighted by molar-refractivity contribution is -0.170. The Bertz CT molecular complexity index is 1730. The average Bonchev–Trinajstić information content (AvgIpc) is 3.72. The number of fused-ring (bicyclic) bond motifs is 1. The van der Waals surface area contributed by atoms with Crippen LogP contribution in [0.15, 0.2) is 66.7 Å². The highest BCUT2D eigenvalue weighted by atomic mass is 32.1. The molecule has 3 aromatic carbocycles. The molecule has 0 radical (unpaired) electrons. The summed E-state index contributed by atoms with van der Waals surface area (Å²) in [7, 11) is 3.30. The van der Waals surface area contributed by atoms with Crippen LogP contribution in [0.3, 0.4) is 0 Å². The lowest BCUT2D eigenvalue weighted by Crippen LogP contribution is -2.42. The Morgan fingerprint density at radius 3 is 1.90 bits per heavy atom. The number of aliphatic hydroxyl groups is 1. The molecule has 0 unspecified atom stereocenters. The number of carboxylic acid groups (broad SMARTS) is 3. The molecule has 12 nitrogen and oxygen atoms in total. The molecule has 1 aliphatic heterocycles. The standard InChI is InChI=1S/C29H29NO4S.C6H8O7/c1-32-22-9-7-21(8-10-22)29-27(25-14-13-24(33-2)19-26(25)35-29)28(31)20-5-11-23(12-6-20)34-18-17-30-15-3-4-16-30;7-3(8)1-6(13,5(11)12)2-4(9)10/h5-14,19H,3-4,15-18H2,1-2H3;13H,1-2H2,(H,7,8)(H,9,10)(H,11,12). The molecular formula is C35H37NO11S. The number of nitrogens with zero attached hydrogens (tertiary/aromatic N) is 1. The monoisotopic (exact) mass is 679 g/mol. The largest absolute Gasteiger partial charge is 0.497 e. The fourth-order valence-electron chi connectivity index (χ4n) is 5.23. The number of methoxy groups -OCH3 is 2. The fourth-order valence-corrected chi connectivity index (χ4v) is 6.47. The summed E-state index contributed by atoms with van der Waals surface area (Å²) in [5.74, 6) is -2.68. The summed E-state index contributed by atoms with van der Waals surface area (Å²) >= 11 is 1.60. The van der Waals surface area contributed by atoms with E-state index in [1.54, 1.807) is 25.6 Å². The molecular weight excluding hydrogens is 642 g/mol. The summed E-state index contributed by atoms with van der Waals surface area (Å²) in [5.41, 5.74) is -0.406. The van der Waals surface area contributed by atoms with Crippen molar-refractivity contribution in [3.63, 3.8) is 0 Å². The predicted molar refractivity (Wildman–Crippen MR) is 178 cm³/mol. The molecule has 1 aromatic heterocycles. The van der Waals surface area contributed by atoms with Crippen molar-refractivity contribution < 1.29 is 53.8 Å². The first-order valence-electron chi connectivity index (χ1n) is 15.1. The SMILES string of the molecule is COc1ccc(-c2sc3cc(OC)ccc3c2C(=O)c2ccc(OCCN3CCCC3)cc2)cc1.O=C(O)CC(O)(CC(=O)O)C(=O)O. The Morgan fingerprint density at radius 1 is 0.792 bits per heavy atom. The number of benzene rings is 3. The number of carbonyl (C=O) groups excluding carboxylic acids is 1. The van der Waals surface area contributed by atoms with Gasteiger partial charge in [-0.2, -0.15) is 0 Å². The first kappa shape index (κ1) is 35.9. The molecule has 13 heteroatoms. The lowest BCUT2D eigenvalue weighted by Gasteiger charge is -2.18. The molecule has 4 N–H and O–H groups in total. The zero-order chi connectivity index (χ0) is 34.8. The molecule has 254 valence electrons. The maximum Gasteiger partial charge on any atom is 0.336 e. The third kappa shape index (κ3) is 9.09. The van der Waals surface area contributed by atoms with E-state index in [1.165, 1.54) is 12.8 Å². The first-order chi connectivity index (χ1) is 22.9. The van der Waals surface area contributed by atoms with Gasteiger partial charge in [0.15, 0.2) is 11.4 Å². The smallest absolute Gasteiger partial charge is 0.336 e. The van der Waals surface area contributed by atoms with E-state index in [4.69, 9.17) is 34.6 Å². The second-order valence-corrected chi connectivity index (χ2v) is 12.2. The zero-order valence-electron chi connectivity index (χ0n) is 26.5. The summed E-state index contributed by atoms with van der Waals surface area (Å²) < 4.78 is 17.7. The van der Waals surface area contributed by atoms with Gasteiger partial charge in [-0.05, 0) is 98.2 Å². The number of ether oxygens (including phenoxy) is 3. The van der Waals surface area contributed by atoms with Gasteiger partial charge in [0.2, 0.25) is 0 Å². The minimum Gasteiger partial charge on any atom is -0.497 e. The van der Waals surface area contributed by atoms with Crippen LogP contribution in [-0.4, -0.2) is 95.1 Å². The van der Waals surface area contributed by atoms with Gasteiger partial charge in [-0.3, -0.25) is 19.3 Å². The topological polar surface area (TPSA) is 180 Å². The number of hydrogen-bond acceptors (Lipinski definition) is 10. The molecule has 0 spiro atoms. The van der Waals surface area contributed by atoms with E-state index < -0.39 is 36.4 Å². The Balaban J connectivity index is 0.000000341. The van der Waals surface area contributed by atoms with Crippen molar-refractivity contribution in [3.8, 4) is 27.7 Å². The van der Waals surface area contributed by atoms with E-state index in [9.17, 15) is 19.2 Å². The first-order valence-corrected chi connectivity index (χ1v) is 15.9. The molecule has 48 heavy (non-hydrogen) atoms. The van der Waals surface area contributed by atoms with Crippen LogP contribution in [0.1, 0.15) is 41.6 Å². The van der Waals surface area contributed by atoms with Crippen LogP contribution < -0.4 is 14.2 Å². The summed E-state index contributed by atoms with van der Waals surface area (Å²) in [6.45, 7) is 3.92. The van der Waals surface area contributed by atoms with Crippen molar-refractivity contribution in [2.45, 2.75) is 31.3 Å². The number of hydrogen-bond donors (Lipinski definition) is 4. The second kappa shape index (κ2) is 16.2. The van der Waals surface area contributed by atoms with Gasteiger partial charge in [-0.1, -0.05) is 0 Å². The van der Waals surface area contributed by atoms with Crippen LogP contribution in [0.5, 0.6) is 17.2 Å². The van der Waals surface area contributed by atoms with Crippen molar-refractivity contribution >= 4 is 45.1 Å². The van der Waals surface area contributed by atoms with Crippen molar-refractivity contribution in [3.05, 3.63) is 77.9 Å². The molecule has 0 saturated carbocycles. The van der Waals surface area contributed by atoms with Gasteiger partial charge in [-0.25, -0.2) is 4.79 Å². The molecule has 5 rings (SSSR count). The highest BCUT2D eigenvalue weighted by molar-refractivity contribution is 7.22. The highest BCUT2D eigenvalue weighted by Gasteiger charge is 2.40. The molecule has 1 saturated heterocycles. The van der Waals surface area contributed by atoms with Crippen LogP contribution in [0.25, 0.3) is 20.5 Å². The Kier molecular flexibility index (Phi) is 12.1. The molecule has 0 aliphatic carbocycles. The van der Waals surface area contributed by atoms with Gasteiger partial charge in [0.25, 0.3) is 0 Å². The summed E-state index contributed by atoms with van der Waals surface area (Å²) in [4.78, 5) is 47.6. The van der Waals surface area contributed by atoms with Gasteiger partial charge in [0.1, 0.15) is 23.9 Å².